The van der Waals surface area contributed by atoms with E-state index in [1.54, 1.807) is 0 Å². The van der Waals surface area contributed by atoms with Crippen molar-refractivity contribution in [3.63, 3.8) is 0 Å². The van der Waals surface area contributed by atoms with Crippen LogP contribution in [0.15, 0.2) is 12.2 Å². The van der Waals surface area contributed by atoms with Crippen molar-refractivity contribution in [3.05, 3.63) is 12.2 Å². The van der Waals surface area contributed by atoms with Crippen LogP contribution in [0.2, 0.25) is 0 Å². The normalized spacial score (nSPS) is 12.6. The number of allylic oxidation sites excluding steroid dienone is 2. The molecule has 0 aliphatic carbocycles. The molecule has 64 heavy (non-hydrogen) atoms. The molecule has 0 aliphatic heterocycles. The first-order valence-corrected chi connectivity index (χ1v) is 28.9. The van der Waals surface area contributed by atoms with Gasteiger partial charge in [-0.15, -0.1) is 0 Å². The van der Waals surface area contributed by atoms with Crippen molar-refractivity contribution < 1.29 is 24.5 Å². The van der Waals surface area contributed by atoms with Gasteiger partial charge >= 0.3 is 5.97 Å². The Balaban J connectivity index is 3.33. The van der Waals surface area contributed by atoms with Gasteiger partial charge in [-0.2, -0.15) is 0 Å². The highest BCUT2D eigenvalue weighted by Crippen LogP contribution is 2.18. The van der Waals surface area contributed by atoms with E-state index in [-0.39, 0.29) is 18.5 Å². The number of nitrogens with one attached hydrogen (secondary N) is 1. The number of ether oxygens (including phenoxy) is 1. The summed E-state index contributed by atoms with van der Waals surface area (Å²) in [4.78, 5) is 24.4. The molecule has 0 radical (unpaired) electrons. The molecule has 0 aromatic rings. The monoisotopic (exact) mass is 904 g/mol. The molecule has 0 spiro atoms. The molecule has 2 atom stereocenters. The van der Waals surface area contributed by atoms with Crippen molar-refractivity contribution in [2.24, 2.45) is 0 Å². The van der Waals surface area contributed by atoms with E-state index in [1.165, 1.54) is 244 Å². The van der Waals surface area contributed by atoms with E-state index in [2.05, 4.69) is 31.3 Å². The highest BCUT2D eigenvalue weighted by Gasteiger charge is 2.20. The van der Waals surface area contributed by atoms with Gasteiger partial charge in [-0.25, -0.2) is 0 Å². The summed E-state index contributed by atoms with van der Waals surface area (Å²) >= 11 is 0. The average Bonchev–Trinajstić information content (AvgIpc) is 3.29. The van der Waals surface area contributed by atoms with Gasteiger partial charge in [0, 0.05) is 12.8 Å². The third kappa shape index (κ3) is 50.0. The predicted molar refractivity (Wildman–Crippen MR) is 278 cm³/mol. The van der Waals surface area contributed by atoms with E-state index in [9.17, 15) is 19.8 Å². The number of carbonyl (C=O) groups is 2. The molecular weight excluding hydrogens is 791 g/mol. The quantitative estimate of drug-likeness (QED) is 0.0321. The highest BCUT2D eigenvalue weighted by atomic mass is 16.5. The number of unbranched alkanes of at least 4 members (excludes halogenated alkanes) is 41. The second-order valence-corrected chi connectivity index (χ2v) is 20.0. The maximum Gasteiger partial charge on any atom is 0.305 e. The molecule has 0 saturated heterocycles. The number of amides is 1. The summed E-state index contributed by atoms with van der Waals surface area (Å²) in [7, 11) is 0. The smallest absolute Gasteiger partial charge is 0.305 e. The van der Waals surface area contributed by atoms with Gasteiger partial charge in [0.1, 0.15) is 0 Å². The Morgan fingerprint density at radius 1 is 0.422 bits per heavy atom. The number of hydrogen-bond acceptors (Lipinski definition) is 5. The second kappa shape index (κ2) is 54.2. The van der Waals surface area contributed by atoms with Gasteiger partial charge in [0.2, 0.25) is 5.91 Å². The van der Waals surface area contributed by atoms with Crippen LogP contribution in [-0.4, -0.2) is 47.4 Å². The van der Waals surface area contributed by atoms with Gasteiger partial charge in [-0.05, 0) is 51.4 Å². The van der Waals surface area contributed by atoms with Gasteiger partial charge < -0.3 is 20.3 Å². The van der Waals surface area contributed by atoms with E-state index in [4.69, 9.17) is 4.74 Å². The first kappa shape index (κ1) is 62.6. The largest absolute Gasteiger partial charge is 0.466 e. The second-order valence-electron chi connectivity index (χ2n) is 20.0. The van der Waals surface area contributed by atoms with E-state index < -0.39 is 12.1 Å². The fourth-order valence-electron chi connectivity index (χ4n) is 9.11. The summed E-state index contributed by atoms with van der Waals surface area (Å²) in [5.41, 5.74) is 0. The standard InChI is InChI=1S/C58H113NO5/c1-3-5-7-9-11-13-15-28-32-36-40-44-48-52-58(63)64-53-49-45-41-37-33-30-27-25-23-21-19-17-16-18-20-22-24-26-29-31-35-39-43-47-51-57(62)59-55(54-60)56(61)50-46-42-38-34-14-12-10-8-6-4-2/h13,15,55-56,60-61H,3-12,14,16-54H2,1-2H3,(H,59,62)/b15-13-. The van der Waals surface area contributed by atoms with Crippen molar-refractivity contribution in [2.45, 2.75) is 334 Å². The van der Waals surface area contributed by atoms with Gasteiger partial charge in [0.05, 0.1) is 25.4 Å². The van der Waals surface area contributed by atoms with Crippen molar-refractivity contribution in [3.8, 4) is 0 Å². The molecule has 0 bridgehead atoms. The van der Waals surface area contributed by atoms with Crippen LogP contribution < -0.4 is 5.32 Å². The average molecular weight is 905 g/mol. The first-order chi connectivity index (χ1) is 31.5. The van der Waals surface area contributed by atoms with E-state index in [0.29, 0.717) is 25.9 Å². The zero-order valence-electron chi connectivity index (χ0n) is 43.3. The number of rotatable bonds is 54. The van der Waals surface area contributed by atoms with Crippen LogP contribution in [0.3, 0.4) is 0 Å². The minimum Gasteiger partial charge on any atom is -0.466 e. The number of esters is 1. The zero-order chi connectivity index (χ0) is 46.5. The van der Waals surface area contributed by atoms with Crippen molar-refractivity contribution in [2.75, 3.05) is 13.2 Å². The fourth-order valence-corrected chi connectivity index (χ4v) is 9.11. The van der Waals surface area contributed by atoms with Gasteiger partial charge in [0.25, 0.3) is 0 Å². The summed E-state index contributed by atoms with van der Waals surface area (Å²) in [6, 6.07) is -0.538. The van der Waals surface area contributed by atoms with Gasteiger partial charge in [0.15, 0.2) is 0 Å². The minimum atomic E-state index is -0.660. The number of hydrogen-bond donors (Lipinski definition) is 3. The lowest BCUT2D eigenvalue weighted by Crippen LogP contribution is -2.45. The van der Waals surface area contributed by atoms with E-state index in [1.807, 2.05) is 0 Å². The SMILES string of the molecule is CCCCCC/C=C\CCCCCCCC(=O)OCCCCCCCCCCCCCCCCCCCCCCCCCCC(=O)NC(CO)C(O)CCCCCCCCCCCC. The summed E-state index contributed by atoms with van der Waals surface area (Å²) in [6.07, 6.45) is 63.6. The Kier molecular flexibility index (Phi) is 53.0. The van der Waals surface area contributed by atoms with Crippen LogP contribution >= 0.6 is 0 Å². The molecular formula is C58H113NO5. The Bertz CT molecular complexity index is 955. The summed E-state index contributed by atoms with van der Waals surface area (Å²) in [5.74, 6) is -0.0281. The molecule has 0 rings (SSSR count). The minimum absolute atomic E-state index is 0.00639. The third-order valence-corrected chi connectivity index (χ3v) is 13.6. The predicted octanol–water partition coefficient (Wildman–Crippen LogP) is 17.7. The van der Waals surface area contributed by atoms with Gasteiger partial charge in [-0.1, -0.05) is 270 Å². The topological polar surface area (TPSA) is 95.9 Å². The number of aliphatic hydroxyl groups excluding tert-OH is 2. The van der Waals surface area contributed by atoms with Crippen LogP contribution in [0.4, 0.5) is 0 Å². The lowest BCUT2D eigenvalue weighted by Gasteiger charge is -2.22. The molecule has 3 N–H and O–H groups in total. The molecule has 1 amide bonds. The Morgan fingerprint density at radius 2 is 0.734 bits per heavy atom. The molecule has 0 aromatic carbocycles. The number of carbonyl (C=O) groups excluding carboxylic acids is 2. The summed E-state index contributed by atoms with van der Waals surface area (Å²) in [5, 5.41) is 23.1. The molecule has 6 nitrogen and oxygen atoms in total. The Morgan fingerprint density at radius 3 is 1.12 bits per heavy atom. The molecule has 6 heteroatoms. The van der Waals surface area contributed by atoms with Crippen LogP contribution in [0.25, 0.3) is 0 Å². The number of aliphatic hydroxyl groups is 2. The maximum absolute atomic E-state index is 12.4. The van der Waals surface area contributed by atoms with Crippen molar-refractivity contribution >= 4 is 11.9 Å². The maximum atomic E-state index is 12.4. The van der Waals surface area contributed by atoms with E-state index in [0.717, 1.165) is 44.9 Å². The van der Waals surface area contributed by atoms with Crippen LogP contribution in [-0.2, 0) is 14.3 Å². The fraction of sp³-hybridized carbons (Fsp3) is 0.931. The van der Waals surface area contributed by atoms with E-state index >= 15 is 0 Å². The molecule has 0 aromatic heterocycles. The van der Waals surface area contributed by atoms with Gasteiger partial charge in [-0.3, -0.25) is 9.59 Å². The van der Waals surface area contributed by atoms with Crippen molar-refractivity contribution in [1.29, 1.82) is 0 Å². The molecule has 2 unspecified atom stereocenters. The summed E-state index contributed by atoms with van der Waals surface area (Å²) in [6.45, 7) is 4.93. The molecule has 0 saturated carbocycles. The van der Waals surface area contributed by atoms with Crippen LogP contribution in [0.5, 0.6) is 0 Å². The Labute approximate surface area is 399 Å². The molecule has 380 valence electrons. The third-order valence-electron chi connectivity index (χ3n) is 13.6. The Hall–Kier alpha value is -1.40. The highest BCUT2D eigenvalue weighted by molar-refractivity contribution is 5.76. The summed E-state index contributed by atoms with van der Waals surface area (Å²) < 4.78 is 5.47. The molecule has 0 fully saturated rings. The zero-order valence-corrected chi connectivity index (χ0v) is 43.3. The lowest BCUT2D eigenvalue weighted by atomic mass is 10.0. The van der Waals surface area contributed by atoms with Crippen LogP contribution in [0.1, 0.15) is 322 Å². The van der Waals surface area contributed by atoms with Crippen molar-refractivity contribution in [1.82, 2.24) is 5.32 Å². The first-order valence-electron chi connectivity index (χ1n) is 28.9. The lowest BCUT2D eigenvalue weighted by molar-refractivity contribution is -0.143. The van der Waals surface area contributed by atoms with Crippen LogP contribution in [0, 0.1) is 0 Å². The molecule has 0 aliphatic rings. The molecule has 0 heterocycles.